The van der Waals surface area contributed by atoms with Gasteiger partial charge in [-0.1, -0.05) is 6.92 Å². The van der Waals surface area contributed by atoms with Crippen molar-refractivity contribution in [1.29, 1.82) is 0 Å². The quantitative estimate of drug-likeness (QED) is 0.834. The number of hydrogen-bond donors (Lipinski definition) is 1. The average Bonchev–Trinajstić information content (AvgIpc) is 2.49. The molecule has 1 heterocycles. The fourth-order valence-electron chi connectivity index (χ4n) is 1.68. The summed E-state index contributed by atoms with van der Waals surface area (Å²) in [6.45, 7) is 2.17. The summed E-state index contributed by atoms with van der Waals surface area (Å²) in [6, 6.07) is 1.82. The zero-order valence-corrected chi connectivity index (χ0v) is 9.50. The predicted octanol–water partition coefficient (Wildman–Crippen LogP) is 0.906. The van der Waals surface area contributed by atoms with Crippen LogP contribution in [0.5, 0.6) is 0 Å². The van der Waals surface area contributed by atoms with E-state index in [0.717, 1.165) is 19.3 Å². The maximum absolute atomic E-state index is 11.8. The Bertz CT molecular complexity index is 434. The molecule has 0 spiro atoms. The molecule has 1 aliphatic rings. The SMILES string of the molecule is CCNS(=O)(=O)c1ccnn1C1CCC1. The lowest BCUT2D eigenvalue weighted by Gasteiger charge is -2.27. The van der Waals surface area contributed by atoms with Crippen molar-refractivity contribution >= 4 is 10.0 Å². The summed E-state index contributed by atoms with van der Waals surface area (Å²) < 4.78 is 27.7. The number of nitrogens with one attached hydrogen (secondary N) is 1. The van der Waals surface area contributed by atoms with Crippen molar-refractivity contribution in [3.63, 3.8) is 0 Å². The van der Waals surface area contributed by atoms with Gasteiger partial charge >= 0.3 is 0 Å². The van der Waals surface area contributed by atoms with Crippen LogP contribution in [0.1, 0.15) is 32.2 Å². The van der Waals surface area contributed by atoms with Gasteiger partial charge < -0.3 is 0 Å². The van der Waals surface area contributed by atoms with Gasteiger partial charge in [0.05, 0.1) is 12.2 Å². The monoisotopic (exact) mass is 229 g/mol. The summed E-state index contributed by atoms with van der Waals surface area (Å²) in [6.07, 6.45) is 4.75. The van der Waals surface area contributed by atoms with Crippen molar-refractivity contribution in [2.24, 2.45) is 0 Å². The smallest absolute Gasteiger partial charge is 0.250 e. The third-order valence-electron chi connectivity index (χ3n) is 2.66. The summed E-state index contributed by atoms with van der Waals surface area (Å²) in [5, 5.41) is 4.37. The average molecular weight is 229 g/mol. The molecule has 15 heavy (non-hydrogen) atoms. The Kier molecular flexibility index (Phi) is 2.79. The molecule has 0 amide bonds. The fourth-order valence-corrected chi connectivity index (χ4v) is 2.89. The van der Waals surface area contributed by atoms with Crippen molar-refractivity contribution in [2.45, 2.75) is 37.3 Å². The summed E-state index contributed by atoms with van der Waals surface area (Å²) in [5.41, 5.74) is 0. The lowest BCUT2D eigenvalue weighted by molar-refractivity contribution is 0.271. The Labute approximate surface area is 89.5 Å². The molecule has 0 saturated heterocycles. The molecule has 1 aromatic heterocycles. The van der Waals surface area contributed by atoms with Crippen LogP contribution in [0.25, 0.3) is 0 Å². The van der Waals surface area contributed by atoms with Crippen LogP contribution in [0.2, 0.25) is 0 Å². The molecule has 1 aromatic rings. The van der Waals surface area contributed by atoms with Gasteiger partial charge in [0.25, 0.3) is 10.0 Å². The summed E-state index contributed by atoms with van der Waals surface area (Å²) in [4.78, 5) is 0. The summed E-state index contributed by atoms with van der Waals surface area (Å²) in [7, 11) is -3.37. The third-order valence-corrected chi connectivity index (χ3v) is 4.21. The number of rotatable bonds is 4. The molecule has 0 unspecified atom stereocenters. The Hall–Kier alpha value is -0.880. The largest absolute Gasteiger partial charge is 0.257 e. The van der Waals surface area contributed by atoms with E-state index in [4.69, 9.17) is 0 Å². The van der Waals surface area contributed by atoms with Gasteiger partial charge in [-0.05, 0) is 25.3 Å². The molecular formula is C9H15N3O2S. The molecule has 0 atom stereocenters. The number of sulfonamides is 1. The summed E-state index contributed by atoms with van der Waals surface area (Å²) >= 11 is 0. The first-order valence-corrected chi connectivity index (χ1v) is 6.66. The van der Waals surface area contributed by atoms with Crippen molar-refractivity contribution in [2.75, 3.05) is 6.54 Å². The molecule has 1 aliphatic carbocycles. The van der Waals surface area contributed by atoms with Crippen LogP contribution >= 0.6 is 0 Å². The third kappa shape index (κ3) is 1.91. The van der Waals surface area contributed by atoms with E-state index in [-0.39, 0.29) is 11.1 Å². The van der Waals surface area contributed by atoms with E-state index in [9.17, 15) is 8.42 Å². The van der Waals surface area contributed by atoms with E-state index < -0.39 is 10.0 Å². The molecule has 0 bridgehead atoms. The minimum Gasteiger partial charge on any atom is -0.250 e. The van der Waals surface area contributed by atoms with E-state index >= 15 is 0 Å². The van der Waals surface area contributed by atoms with Gasteiger partial charge in [0.1, 0.15) is 0 Å². The van der Waals surface area contributed by atoms with Crippen molar-refractivity contribution in [3.05, 3.63) is 12.3 Å². The maximum atomic E-state index is 11.8. The van der Waals surface area contributed by atoms with Gasteiger partial charge in [-0.3, -0.25) is 0 Å². The second-order valence-electron chi connectivity index (χ2n) is 3.70. The van der Waals surface area contributed by atoms with Crippen LogP contribution in [0.3, 0.4) is 0 Å². The first-order valence-electron chi connectivity index (χ1n) is 5.18. The molecule has 0 radical (unpaired) electrons. The van der Waals surface area contributed by atoms with Crippen molar-refractivity contribution in [3.8, 4) is 0 Å². The van der Waals surface area contributed by atoms with Crippen LogP contribution in [-0.4, -0.2) is 24.7 Å². The van der Waals surface area contributed by atoms with Gasteiger partial charge in [0.2, 0.25) is 0 Å². The molecule has 84 valence electrons. The normalized spacial score (nSPS) is 17.7. The Morgan fingerprint density at radius 3 is 2.87 bits per heavy atom. The highest BCUT2D eigenvalue weighted by atomic mass is 32.2. The molecule has 6 heteroatoms. The zero-order valence-electron chi connectivity index (χ0n) is 8.68. The second kappa shape index (κ2) is 3.94. The molecule has 1 saturated carbocycles. The number of aromatic nitrogens is 2. The lowest BCUT2D eigenvalue weighted by atomic mass is 9.93. The highest BCUT2D eigenvalue weighted by Crippen LogP contribution is 2.32. The van der Waals surface area contributed by atoms with Crippen LogP contribution in [0.15, 0.2) is 17.3 Å². The second-order valence-corrected chi connectivity index (χ2v) is 5.41. The van der Waals surface area contributed by atoms with Crippen LogP contribution in [0.4, 0.5) is 0 Å². The molecular weight excluding hydrogens is 214 g/mol. The minimum absolute atomic E-state index is 0.267. The summed E-state index contributed by atoms with van der Waals surface area (Å²) in [5.74, 6) is 0. The topological polar surface area (TPSA) is 64.0 Å². The Morgan fingerprint density at radius 2 is 2.33 bits per heavy atom. The first-order chi connectivity index (χ1) is 7.15. The van der Waals surface area contributed by atoms with Crippen LogP contribution in [-0.2, 0) is 10.0 Å². The fraction of sp³-hybridized carbons (Fsp3) is 0.667. The van der Waals surface area contributed by atoms with Crippen LogP contribution < -0.4 is 4.72 Å². The number of hydrogen-bond acceptors (Lipinski definition) is 3. The first kappa shape index (κ1) is 10.6. The van der Waals surface area contributed by atoms with Gasteiger partial charge in [-0.15, -0.1) is 0 Å². The van der Waals surface area contributed by atoms with Crippen LogP contribution in [0, 0.1) is 0 Å². The van der Waals surface area contributed by atoms with Crippen molar-refractivity contribution < 1.29 is 8.42 Å². The molecule has 5 nitrogen and oxygen atoms in total. The van der Waals surface area contributed by atoms with Gasteiger partial charge in [0, 0.05) is 6.54 Å². The molecule has 1 N–H and O–H groups in total. The van der Waals surface area contributed by atoms with Crippen molar-refractivity contribution in [1.82, 2.24) is 14.5 Å². The molecule has 0 aliphatic heterocycles. The van der Waals surface area contributed by atoms with E-state index in [1.54, 1.807) is 23.9 Å². The lowest BCUT2D eigenvalue weighted by Crippen LogP contribution is -2.29. The Morgan fingerprint density at radius 1 is 1.60 bits per heavy atom. The highest BCUT2D eigenvalue weighted by molar-refractivity contribution is 7.89. The number of nitrogens with zero attached hydrogens (tertiary/aromatic N) is 2. The predicted molar refractivity (Wildman–Crippen MR) is 56.0 cm³/mol. The van der Waals surface area contributed by atoms with E-state index in [1.165, 1.54) is 0 Å². The Balaban J connectivity index is 2.31. The van der Waals surface area contributed by atoms with Gasteiger partial charge in [-0.25, -0.2) is 17.8 Å². The zero-order chi connectivity index (χ0) is 10.9. The molecule has 0 aromatic carbocycles. The standard InChI is InChI=1S/C9H15N3O2S/c1-2-11-15(13,14)9-6-7-10-12(9)8-4-3-5-8/h6-8,11H,2-5H2,1H3. The molecule has 1 fully saturated rings. The van der Waals surface area contributed by atoms with E-state index in [2.05, 4.69) is 9.82 Å². The maximum Gasteiger partial charge on any atom is 0.257 e. The van der Waals surface area contributed by atoms with Gasteiger partial charge in [-0.2, -0.15) is 5.10 Å². The van der Waals surface area contributed by atoms with E-state index in [0.29, 0.717) is 6.54 Å². The van der Waals surface area contributed by atoms with Gasteiger partial charge in [0.15, 0.2) is 5.03 Å². The highest BCUT2D eigenvalue weighted by Gasteiger charge is 2.27. The molecule has 2 rings (SSSR count). The minimum atomic E-state index is -3.37. The van der Waals surface area contributed by atoms with E-state index in [1.807, 2.05) is 0 Å².